The van der Waals surface area contributed by atoms with Crippen molar-refractivity contribution in [2.45, 2.75) is 20.0 Å². The van der Waals surface area contributed by atoms with Gasteiger partial charge in [-0.05, 0) is 36.1 Å². The fourth-order valence-corrected chi connectivity index (χ4v) is 2.61. The van der Waals surface area contributed by atoms with Crippen LogP contribution < -0.4 is 10.6 Å². The monoisotopic (exact) mass is 264 g/mol. The van der Waals surface area contributed by atoms with Gasteiger partial charge >= 0.3 is 0 Å². The Bertz CT molecular complexity index is 497. The second-order valence-corrected chi connectivity index (χ2v) is 5.12. The Labute approximate surface area is 111 Å². The van der Waals surface area contributed by atoms with Crippen LogP contribution in [0.2, 0.25) is 0 Å². The molecule has 1 aromatic carbocycles. The molecule has 0 bridgehead atoms. The predicted molar refractivity (Wildman–Crippen MR) is 75.3 cm³/mol. The van der Waals surface area contributed by atoms with E-state index in [1.54, 1.807) is 11.3 Å². The minimum Gasteiger partial charge on any atom is -0.364 e. The molecule has 96 valence electrons. The SMILES string of the molecule is CCN(Cc1cccs1)c1ccc(CN)cc1F. The number of anilines is 1. The van der Waals surface area contributed by atoms with E-state index in [-0.39, 0.29) is 5.82 Å². The first-order chi connectivity index (χ1) is 8.74. The van der Waals surface area contributed by atoms with Gasteiger partial charge in [0.15, 0.2) is 0 Å². The van der Waals surface area contributed by atoms with Crippen LogP contribution in [0.4, 0.5) is 10.1 Å². The molecule has 0 unspecified atom stereocenters. The van der Waals surface area contributed by atoms with E-state index in [1.807, 2.05) is 35.4 Å². The van der Waals surface area contributed by atoms with Gasteiger partial charge in [-0.25, -0.2) is 4.39 Å². The summed E-state index contributed by atoms with van der Waals surface area (Å²) in [5.74, 6) is -0.198. The lowest BCUT2D eigenvalue weighted by Crippen LogP contribution is -2.22. The molecule has 4 heteroatoms. The fourth-order valence-electron chi connectivity index (χ4n) is 1.89. The third kappa shape index (κ3) is 2.89. The number of halogens is 1. The lowest BCUT2D eigenvalue weighted by Gasteiger charge is -2.23. The zero-order chi connectivity index (χ0) is 13.0. The van der Waals surface area contributed by atoms with Crippen molar-refractivity contribution < 1.29 is 4.39 Å². The van der Waals surface area contributed by atoms with E-state index in [0.29, 0.717) is 12.2 Å². The first-order valence-corrected chi connectivity index (χ1v) is 6.88. The molecule has 0 aliphatic heterocycles. The van der Waals surface area contributed by atoms with E-state index < -0.39 is 0 Å². The highest BCUT2D eigenvalue weighted by Gasteiger charge is 2.11. The molecule has 0 aliphatic rings. The summed E-state index contributed by atoms with van der Waals surface area (Å²) in [6.07, 6.45) is 0. The van der Waals surface area contributed by atoms with E-state index >= 15 is 0 Å². The van der Waals surface area contributed by atoms with Gasteiger partial charge in [-0.3, -0.25) is 0 Å². The van der Waals surface area contributed by atoms with Gasteiger partial charge in [0.2, 0.25) is 0 Å². The summed E-state index contributed by atoms with van der Waals surface area (Å²) in [5, 5.41) is 2.04. The van der Waals surface area contributed by atoms with Crippen LogP contribution in [0.15, 0.2) is 35.7 Å². The lowest BCUT2D eigenvalue weighted by molar-refractivity contribution is 0.616. The van der Waals surface area contributed by atoms with Crippen molar-refractivity contribution in [1.82, 2.24) is 0 Å². The van der Waals surface area contributed by atoms with Crippen molar-refractivity contribution in [3.63, 3.8) is 0 Å². The van der Waals surface area contributed by atoms with Crippen molar-refractivity contribution in [2.75, 3.05) is 11.4 Å². The summed E-state index contributed by atoms with van der Waals surface area (Å²) in [6, 6.07) is 9.30. The number of benzene rings is 1. The zero-order valence-electron chi connectivity index (χ0n) is 10.4. The summed E-state index contributed by atoms with van der Waals surface area (Å²) < 4.78 is 14.0. The number of thiophene rings is 1. The number of hydrogen-bond donors (Lipinski definition) is 1. The van der Waals surface area contributed by atoms with Gasteiger partial charge in [0.1, 0.15) is 5.82 Å². The Balaban J connectivity index is 2.22. The van der Waals surface area contributed by atoms with Gasteiger partial charge in [-0.15, -0.1) is 11.3 Å². The molecule has 0 amide bonds. The molecule has 0 fully saturated rings. The molecule has 2 rings (SSSR count). The Kier molecular flexibility index (Phi) is 4.33. The molecule has 18 heavy (non-hydrogen) atoms. The quantitative estimate of drug-likeness (QED) is 0.897. The van der Waals surface area contributed by atoms with E-state index in [4.69, 9.17) is 5.73 Å². The Morgan fingerprint density at radius 3 is 2.72 bits per heavy atom. The second kappa shape index (κ2) is 5.98. The van der Waals surface area contributed by atoms with E-state index in [1.165, 1.54) is 10.9 Å². The maximum absolute atomic E-state index is 14.0. The zero-order valence-corrected chi connectivity index (χ0v) is 11.2. The Morgan fingerprint density at radius 2 is 2.17 bits per heavy atom. The van der Waals surface area contributed by atoms with Crippen molar-refractivity contribution in [2.24, 2.45) is 5.73 Å². The normalized spacial score (nSPS) is 10.6. The van der Waals surface area contributed by atoms with Gasteiger partial charge in [0, 0.05) is 18.0 Å². The highest BCUT2D eigenvalue weighted by molar-refractivity contribution is 7.09. The molecule has 0 aliphatic carbocycles. The minimum atomic E-state index is -0.198. The van der Waals surface area contributed by atoms with E-state index in [2.05, 4.69) is 6.07 Å². The van der Waals surface area contributed by atoms with Gasteiger partial charge < -0.3 is 10.6 Å². The first-order valence-electron chi connectivity index (χ1n) is 6.00. The van der Waals surface area contributed by atoms with Crippen molar-refractivity contribution in [3.8, 4) is 0 Å². The van der Waals surface area contributed by atoms with Gasteiger partial charge in [0.25, 0.3) is 0 Å². The van der Waals surface area contributed by atoms with E-state index in [0.717, 1.165) is 18.7 Å². The maximum Gasteiger partial charge on any atom is 0.146 e. The number of nitrogens with zero attached hydrogens (tertiary/aromatic N) is 1. The molecular weight excluding hydrogens is 247 g/mol. The van der Waals surface area contributed by atoms with Crippen LogP contribution in [0.3, 0.4) is 0 Å². The summed E-state index contributed by atoms with van der Waals surface area (Å²) in [5.41, 5.74) is 6.97. The van der Waals surface area contributed by atoms with Crippen LogP contribution in [0, 0.1) is 5.82 Å². The molecular formula is C14H17FN2S. The molecule has 0 saturated carbocycles. The highest BCUT2D eigenvalue weighted by Crippen LogP contribution is 2.23. The second-order valence-electron chi connectivity index (χ2n) is 4.08. The first kappa shape index (κ1) is 13.1. The summed E-state index contributed by atoms with van der Waals surface area (Å²) in [7, 11) is 0. The minimum absolute atomic E-state index is 0.198. The van der Waals surface area contributed by atoms with Crippen LogP contribution in [0.1, 0.15) is 17.4 Å². The van der Waals surface area contributed by atoms with Gasteiger partial charge in [0.05, 0.1) is 12.2 Å². The topological polar surface area (TPSA) is 29.3 Å². The smallest absolute Gasteiger partial charge is 0.146 e. The Hall–Kier alpha value is -1.39. The lowest BCUT2D eigenvalue weighted by atomic mass is 10.2. The maximum atomic E-state index is 14.0. The molecule has 2 N–H and O–H groups in total. The number of nitrogens with two attached hydrogens (primary N) is 1. The Morgan fingerprint density at radius 1 is 1.33 bits per heavy atom. The average Bonchev–Trinajstić information content (AvgIpc) is 2.89. The summed E-state index contributed by atoms with van der Waals surface area (Å²) >= 11 is 1.69. The average molecular weight is 264 g/mol. The van der Waals surface area contributed by atoms with Crippen molar-refractivity contribution >= 4 is 17.0 Å². The molecule has 1 heterocycles. The summed E-state index contributed by atoms with van der Waals surface area (Å²) in [6.45, 7) is 3.92. The van der Waals surface area contributed by atoms with Crippen LogP contribution >= 0.6 is 11.3 Å². The molecule has 0 radical (unpaired) electrons. The molecule has 2 aromatic rings. The van der Waals surface area contributed by atoms with Crippen molar-refractivity contribution in [1.29, 1.82) is 0 Å². The van der Waals surface area contributed by atoms with Crippen molar-refractivity contribution in [3.05, 3.63) is 52.0 Å². The standard InChI is InChI=1S/C14H17FN2S/c1-2-17(10-12-4-3-7-18-12)14-6-5-11(9-16)8-13(14)15/h3-8H,2,9-10,16H2,1H3. The van der Waals surface area contributed by atoms with Gasteiger partial charge in [-0.1, -0.05) is 12.1 Å². The number of hydrogen-bond acceptors (Lipinski definition) is 3. The van der Waals surface area contributed by atoms with E-state index in [9.17, 15) is 4.39 Å². The molecule has 1 aromatic heterocycles. The van der Waals surface area contributed by atoms with Crippen LogP contribution in [0.5, 0.6) is 0 Å². The molecule has 2 nitrogen and oxygen atoms in total. The largest absolute Gasteiger partial charge is 0.364 e. The third-order valence-electron chi connectivity index (χ3n) is 2.90. The molecule has 0 spiro atoms. The molecule has 0 atom stereocenters. The third-order valence-corrected chi connectivity index (χ3v) is 3.76. The van der Waals surface area contributed by atoms with Gasteiger partial charge in [-0.2, -0.15) is 0 Å². The van der Waals surface area contributed by atoms with Crippen LogP contribution in [-0.4, -0.2) is 6.54 Å². The predicted octanol–water partition coefficient (Wildman–Crippen LogP) is 3.37. The summed E-state index contributed by atoms with van der Waals surface area (Å²) in [4.78, 5) is 3.26. The van der Waals surface area contributed by atoms with Crippen LogP contribution in [-0.2, 0) is 13.1 Å². The fraction of sp³-hybridized carbons (Fsp3) is 0.286. The van der Waals surface area contributed by atoms with Crippen LogP contribution in [0.25, 0.3) is 0 Å². The molecule has 0 saturated heterocycles. The highest BCUT2D eigenvalue weighted by atomic mass is 32.1. The number of rotatable bonds is 5.